The first-order valence-electron chi connectivity index (χ1n) is 10.6. The molecule has 172 valence electrons. The quantitative estimate of drug-likeness (QED) is 0.495. The van der Waals surface area contributed by atoms with Crippen molar-refractivity contribution in [2.75, 3.05) is 5.32 Å². The third kappa shape index (κ3) is 4.72. The van der Waals surface area contributed by atoms with E-state index in [1.54, 1.807) is 0 Å². The maximum absolute atomic E-state index is 14.6. The summed E-state index contributed by atoms with van der Waals surface area (Å²) in [4.78, 5) is 25.6. The molecular formula is C24H22F4N4O. The van der Waals surface area contributed by atoms with Crippen LogP contribution in [0.25, 0.3) is 11.1 Å². The van der Waals surface area contributed by atoms with Crippen LogP contribution in [0.3, 0.4) is 0 Å². The second-order valence-electron chi connectivity index (χ2n) is 8.38. The number of amides is 1. The molecule has 0 saturated heterocycles. The minimum Gasteiger partial charge on any atom is -0.320 e. The Morgan fingerprint density at radius 3 is 2.30 bits per heavy atom. The maximum atomic E-state index is 14.6. The van der Waals surface area contributed by atoms with Crippen LogP contribution in [0, 0.1) is 11.6 Å². The first-order chi connectivity index (χ1) is 15.7. The van der Waals surface area contributed by atoms with Gasteiger partial charge in [0.1, 0.15) is 29.8 Å². The number of carbonyl (C=O) groups excluding carboxylic acids is 1. The SMILES string of the molecule is CC(C)c1ncc(C(=O)Nc2c(-c3cc(F)ccc3F)ccnc2C2C[C@@H](F)[C@@H](F)C2)cn1. The number of pyridine rings is 1. The van der Waals surface area contributed by atoms with Gasteiger partial charge in [-0.05, 0) is 37.1 Å². The first-order valence-corrected chi connectivity index (χ1v) is 10.6. The molecule has 3 atom stereocenters. The lowest BCUT2D eigenvalue weighted by molar-refractivity contribution is 0.102. The van der Waals surface area contributed by atoms with Crippen molar-refractivity contribution in [1.29, 1.82) is 0 Å². The number of benzene rings is 1. The fourth-order valence-electron chi connectivity index (χ4n) is 3.94. The molecule has 1 N–H and O–H groups in total. The highest BCUT2D eigenvalue weighted by Gasteiger charge is 2.38. The van der Waals surface area contributed by atoms with Gasteiger partial charge in [-0.25, -0.2) is 27.5 Å². The fraction of sp³-hybridized carbons (Fsp3) is 0.333. The number of nitrogens with zero attached hydrogens (tertiary/aromatic N) is 3. The number of halogens is 4. The summed E-state index contributed by atoms with van der Waals surface area (Å²) in [7, 11) is 0. The van der Waals surface area contributed by atoms with Crippen LogP contribution in [0.15, 0.2) is 42.9 Å². The van der Waals surface area contributed by atoms with Crippen LogP contribution in [-0.4, -0.2) is 33.2 Å². The van der Waals surface area contributed by atoms with Crippen molar-refractivity contribution in [3.05, 3.63) is 71.6 Å². The van der Waals surface area contributed by atoms with Crippen LogP contribution in [0.4, 0.5) is 23.2 Å². The summed E-state index contributed by atoms with van der Waals surface area (Å²) >= 11 is 0. The van der Waals surface area contributed by atoms with Gasteiger partial charge in [0.05, 0.1) is 16.9 Å². The van der Waals surface area contributed by atoms with E-state index in [0.29, 0.717) is 5.82 Å². The number of carbonyl (C=O) groups is 1. The van der Waals surface area contributed by atoms with E-state index in [4.69, 9.17) is 0 Å². The minimum absolute atomic E-state index is 0.0688. The normalized spacial score (nSPS) is 20.3. The van der Waals surface area contributed by atoms with E-state index in [0.717, 1.165) is 18.2 Å². The van der Waals surface area contributed by atoms with Crippen molar-refractivity contribution in [2.45, 2.75) is 50.9 Å². The van der Waals surface area contributed by atoms with E-state index in [9.17, 15) is 22.4 Å². The summed E-state index contributed by atoms with van der Waals surface area (Å²) in [5.74, 6) is -2.00. The van der Waals surface area contributed by atoms with Crippen LogP contribution >= 0.6 is 0 Å². The van der Waals surface area contributed by atoms with Gasteiger partial charge in [-0.3, -0.25) is 9.78 Å². The zero-order chi connectivity index (χ0) is 23.7. The summed E-state index contributed by atoms with van der Waals surface area (Å²) in [6, 6.07) is 4.37. The molecule has 3 aromatic rings. The number of anilines is 1. The van der Waals surface area contributed by atoms with Gasteiger partial charge in [0, 0.05) is 41.6 Å². The van der Waals surface area contributed by atoms with Gasteiger partial charge in [-0.15, -0.1) is 0 Å². The second-order valence-corrected chi connectivity index (χ2v) is 8.38. The molecule has 0 bridgehead atoms. The van der Waals surface area contributed by atoms with Crippen molar-refractivity contribution < 1.29 is 22.4 Å². The van der Waals surface area contributed by atoms with E-state index < -0.39 is 35.8 Å². The lowest BCUT2D eigenvalue weighted by Crippen LogP contribution is -2.17. The third-order valence-electron chi connectivity index (χ3n) is 5.69. The first kappa shape index (κ1) is 22.8. The van der Waals surface area contributed by atoms with Gasteiger partial charge in [-0.2, -0.15) is 0 Å². The molecule has 33 heavy (non-hydrogen) atoms. The highest BCUT2D eigenvalue weighted by molar-refractivity contribution is 6.06. The molecule has 0 radical (unpaired) electrons. The number of alkyl halides is 2. The predicted octanol–water partition coefficient (Wildman–Crippen LogP) is 5.75. The van der Waals surface area contributed by atoms with E-state index in [2.05, 4.69) is 20.3 Å². The standard InChI is InChI=1S/C24H22F4N4O/c1-12(2)23-30-10-14(11-31-23)24(33)32-22-16(17-9-15(25)3-4-18(17)26)5-6-29-21(22)13-7-19(27)20(28)8-13/h3-6,9-13,19-20H,7-8H2,1-2H3,(H,32,33)/t13?,19-,20+. The summed E-state index contributed by atoms with van der Waals surface area (Å²) in [6.07, 6.45) is 0.501. The number of hydrogen-bond acceptors (Lipinski definition) is 4. The molecule has 9 heteroatoms. The Balaban J connectivity index is 1.78. The molecule has 2 heterocycles. The van der Waals surface area contributed by atoms with Crippen molar-refractivity contribution >= 4 is 11.6 Å². The lowest BCUT2D eigenvalue weighted by Gasteiger charge is -2.19. The van der Waals surface area contributed by atoms with Gasteiger partial charge >= 0.3 is 0 Å². The predicted molar refractivity (Wildman–Crippen MR) is 115 cm³/mol. The van der Waals surface area contributed by atoms with E-state index in [-0.39, 0.29) is 46.8 Å². The molecule has 1 aliphatic rings. The van der Waals surface area contributed by atoms with Crippen LogP contribution in [0.2, 0.25) is 0 Å². The minimum atomic E-state index is -1.66. The van der Waals surface area contributed by atoms with Gasteiger partial charge in [-0.1, -0.05) is 13.8 Å². The van der Waals surface area contributed by atoms with E-state index in [1.807, 2.05) is 13.8 Å². The average molecular weight is 458 g/mol. The summed E-state index contributed by atoms with van der Waals surface area (Å²) in [5, 5.41) is 2.68. The van der Waals surface area contributed by atoms with Gasteiger partial charge in [0.2, 0.25) is 0 Å². The zero-order valence-electron chi connectivity index (χ0n) is 18.0. The van der Waals surface area contributed by atoms with Crippen LogP contribution in [0.1, 0.15) is 60.4 Å². The van der Waals surface area contributed by atoms with Gasteiger partial charge < -0.3 is 5.32 Å². The number of rotatable bonds is 5. The Hall–Kier alpha value is -3.36. The molecule has 2 aromatic heterocycles. The lowest BCUT2D eigenvalue weighted by atomic mass is 9.95. The molecule has 1 fully saturated rings. The Labute approximate surface area is 188 Å². The Morgan fingerprint density at radius 2 is 1.67 bits per heavy atom. The Kier molecular flexibility index (Phi) is 6.40. The van der Waals surface area contributed by atoms with Crippen molar-refractivity contribution in [3.8, 4) is 11.1 Å². The summed E-state index contributed by atoms with van der Waals surface area (Å²) in [5.41, 5.74) is 0.478. The molecule has 1 aromatic carbocycles. The average Bonchev–Trinajstić information content (AvgIpc) is 3.13. The molecule has 1 aliphatic carbocycles. The molecule has 4 rings (SSSR count). The highest BCUT2D eigenvalue weighted by atomic mass is 19.2. The molecule has 0 spiro atoms. The topological polar surface area (TPSA) is 67.8 Å². The number of nitrogens with one attached hydrogen (secondary N) is 1. The molecule has 1 unspecified atom stereocenters. The van der Waals surface area contributed by atoms with Crippen molar-refractivity contribution in [1.82, 2.24) is 15.0 Å². The monoisotopic (exact) mass is 458 g/mol. The fourth-order valence-corrected chi connectivity index (χ4v) is 3.94. The molecular weight excluding hydrogens is 436 g/mol. The van der Waals surface area contributed by atoms with Crippen molar-refractivity contribution in [3.63, 3.8) is 0 Å². The highest BCUT2D eigenvalue weighted by Crippen LogP contribution is 2.43. The van der Waals surface area contributed by atoms with Crippen LogP contribution in [-0.2, 0) is 0 Å². The number of aromatic nitrogens is 3. The second kappa shape index (κ2) is 9.25. The summed E-state index contributed by atoms with van der Waals surface area (Å²) < 4.78 is 56.4. The number of hydrogen-bond donors (Lipinski definition) is 1. The van der Waals surface area contributed by atoms with Crippen molar-refractivity contribution in [2.24, 2.45) is 0 Å². The summed E-state index contributed by atoms with van der Waals surface area (Å²) in [6.45, 7) is 3.82. The van der Waals surface area contributed by atoms with Crippen LogP contribution < -0.4 is 5.32 Å². The largest absolute Gasteiger partial charge is 0.320 e. The molecule has 1 saturated carbocycles. The van der Waals surface area contributed by atoms with Gasteiger partial charge in [0.25, 0.3) is 5.91 Å². The molecule has 1 amide bonds. The van der Waals surface area contributed by atoms with Crippen LogP contribution in [0.5, 0.6) is 0 Å². The Bertz CT molecular complexity index is 1160. The molecule has 5 nitrogen and oxygen atoms in total. The Morgan fingerprint density at radius 1 is 1.00 bits per heavy atom. The van der Waals surface area contributed by atoms with E-state index in [1.165, 1.54) is 24.7 Å². The van der Waals surface area contributed by atoms with Gasteiger partial charge in [0.15, 0.2) is 0 Å². The maximum Gasteiger partial charge on any atom is 0.258 e. The smallest absolute Gasteiger partial charge is 0.258 e. The molecule has 0 aliphatic heterocycles. The zero-order valence-corrected chi connectivity index (χ0v) is 18.0. The van der Waals surface area contributed by atoms with E-state index >= 15 is 0 Å². The third-order valence-corrected chi connectivity index (χ3v) is 5.69.